The molecule has 0 atom stereocenters. The first-order chi connectivity index (χ1) is 9.66. The Labute approximate surface area is 117 Å². The van der Waals surface area contributed by atoms with E-state index >= 15 is 0 Å². The topological polar surface area (TPSA) is 80.0 Å². The van der Waals surface area contributed by atoms with E-state index in [1.54, 1.807) is 25.3 Å². The Morgan fingerprint density at radius 2 is 2.25 bits per heavy atom. The number of carbonyl (C=O) groups is 1. The van der Waals surface area contributed by atoms with Crippen molar-refractivity contribution in [2.24, 2.45) is 0 Å². The van der Waals surface area contributed by atoms with E-state index in [-0.39, 0.29) is 5.56 Å². The second kappa shape index (κ2) is 6.70. The Balaban J connectivity index is 1.74. The van der Waals surface area contributed by atoms with Crippen molar-refractivity contribution in [2.45, 2.75) is 26.3 Å². The van der Waals surface area contributed by atoms with E-state index in [0.717, 1.165) is 31.7 Å². The Kier molecular flexibility index (Phi) is 4.70. The number of carboxylic acids is 1. The van der Waals surface area contributed by atoms with Crippen molar-refractivity contribution in [3.05, 3.63) is 42.1 Å². The SMILES string of the molecule is Cc1nc(NCCCCn2ccnc2)ccc1C(=O)O. The molecule has 2 aromatic rings. The number of nitrogens with one attached hydrogen (secondary N) is 1. The van der Waals surface area contributed by atoms with Gasteiger partial charge >= 0.3 is 5.97 Å². The molecule has 2 N–H and O–H groups in total. The monoisotopic (exact) mass is 274 g/mol. The zero-order valence-corrected chi connectivity index (χ0v) is 11.4. The van der Waals surface area contributed by atoms with E-state index in [9.17, 15) is 4.79 Å². The summed E-state index contributed by atoms with van der Waals surface area (Å²) in [5, 5.41) is 12.1. The minimum atomic E-state index is -0.943. The average Bonchev–Trinajstić information content (AvgIpc) is 2.91. The van der Waals surface area contributed by atoms with Crippen LogP contribution < -0.4 is 5.32 Å². The summed E-state index contributed by atoms with van der Waals surface area (Å²) < 4.78 is 2.05. The lowest BCUT2D eigenvalue weighted by atomic mass is 10.2. The summed E-state index contributed by atoms with van der Waals surface area (Å²) in [7, 11) is 0. The van der Waals surface area contributed by atoms with E-state index in [1.807, 2.05) is 17.1 Å². The summed E-state index contributed by atoms with van der Waals surface area (Å²) in [6.45, 7) is 3.47. The van der Waals surface area contributed by atoms with Crippen LogP contribution in [0.5, 0.6) is 0 Å². The van der Waals surface area contributed by atoms with Crippen molar-refractivity contribution in [1.82, 2.24) is 14.5 Å². The predicted molar refractivity (Wildman–Crippen MR) is 75.9 cm³/mol. The first kappa shape index (κ1) is 14.0. The van der Waals surface area contributed by atoms with Crippen LogP contribution in [-0.2, 0) is 6.54 Å². The molecule has 0 unspecified atom stereocenters. The molecule has 0 spiro atoms. The van der Waals surface area contributed by atoms with Gasteiger partial charge < -0.3 is 15.0 Å². The van der Waals surface area contributed by atoms with Crippen LogP contribution in [0.2, 0.25) is 0 Å². The Morgan fingerprint density at radius 1 is 1.40 bits per heavy atom. The molecule has 0 aromatic carbocycles. The molecule has 0 aliphatic rings. The number of nitrogens with zero attached hydrogens (tertiary/aromatic N) is 3. The first-order valence-corrected chi connectivity index (χ1v) is 6.57. The Hall–Kier alpha value is -2.37. The van der Waals surface area contributed by atoms with Crippen LogP contribution in [0.4, 0.5) is 5.82 Å². The highest BCUT2D eigenvalue weighted by Gasteiger charge is 2.08. The van der Waals surface area contributed by atoms with Gasteiger partial charge in [0, 0.05) is 25.5 Å². The molecular formula is C14H18N4O2. The molecule has 0 aliphatic carbocycles. The van der Waals surface area contributed by atoms with Crippen LogP contribution in [0.3, 0.4) is 0 Å². The van der Waals surface area contributed by atoms with Crippen molar-refractivity contribution in [1.29, 1.82) is 0 Å². The zero-order valence-electron chi connectivity index (χ0n) is 11.4. The van der Waals surface area contributed by atoms with Crippen molar-refractivity contribution < 1.29 is 9.90 Å². The normalized spacial score (nSPS) is 10.4. The van der Waals surface area contributed by atoms with Gasteiger partial charge in [-0.25, -0.2) is 14.8 Å². The maximum Gasteiger partial charge on any atom is 0.337 e. The number of pyridine rings is 1. The number of hydrogen-bond acceptors (Lipinski definition) is 4. The van der Waals surface area contributed by atoms with E-state index in [1.165, 1.54) is 0 Å². The molecule has 6 nitrogen and oxygen atoms in total. The average molecular weight is 274 g/mol. The molecule has 0 fully saturated rings. The van der Waals surface area contributed by atoms with Crippen LogP contribution in [0, 0.1) is 6.92 Å². The number of rotatable bonds is 7. The quantitative estimate of drug-likeness (QED) is 0.756. The van der Waals surface area contributed by atoms with E-state index in [4.69, 9.17) is 5.11 Å². The van der Waals surface area contributed by atoms with Gasteiger partial charge in [-0.05, 0) is 31.9 Å². The molecule has 0 bridgehead atoms. The highest BCUT2D eigenvalue weighted by molar-refractivity contribution is 5.89. The maximum absolute atomic E-state index is 10.9. The summed E-state index contributed by atoms with van der Waals surface area (Å²) >= 11 is 0. The second-order valence-corrected chi connectivity index (χ2v) is 4.57. The second-order valence-electron chi connectivity index (χ2n) is 4.57. The van der Waals surface area contributed by atoms with Gasteiger partial charge in [-0.15, -0.1) is 0 Å². The lowest BCUT2D eigenvalue weighted by Gasteiger charge is -2.08. The number of aromatic nitrogens is 3. The summed E-state index contributed by atoms with van der Waals surface area (Å²) in [5.41, 5.74) is 0.775. The smallest absolute Gasteiger partial charge is 0.337 e. The van der Waals surface area contributed by atoms with Gasteiger partial charge in [-0.2, -0.15) is 0 Å². The largest absolute Gasteiger partial charge is 0.478 e. The highest BCUT2D eigenvalue weighted by Crippen LogP contribution is 2.10. The third kappa shape index (κ3) is 3.81. The van der Waals surface area contributed by atoms with Gasteiger partial charge in [-0.1, -0.05) is 0 Å². The van der Waals surface area contributed by atoms with Crippen LogP contribution >= 0.6 is 0 Å². The van der Waals surface area contributed by atoms with Gasteiger partial charge in [0.1, 0.15) is 5.82 Å². The molecular weight excluding hydrogens is 256 g/mol. The zero-order chi connectivity index (χ0) is 14.4. The minimum absolute atomic E-state index is 0.246. The summed E-state index contributed by atoms with van der Waals surface area (Å²) in [4.78, 5) is 19.1. The maximum atomic E-state index is 10.9. The predicted octanol–water partition coefficient (Wildman–Crippen LogP) is 2.18. The van der Waals surface area contributed by atoms with Crippen LogP contribution in [-0.4, -0.2) is 32.2 Å². The Morgan fingerprint density at radius 3 is 2.90 bits per heavy atom. The lowest BCUT2D eigenvalue weighted by Crippen LogP contribution is -2.08. The van der Waals surface area contributed by atoms with Crippen molar-refractivity contribution in [2.75, 3.05) is 11.9 Å². The molecule has 0 saturated carbocycles. The Bertz CT molecular complexity index is 567. The molecule has 6 heteroatoms. The molecule has 0 aliphatic heterocycles. The van der Waals surface area contributed by atoms with Gasteiger partial charge in [0.2, 0.25) is 0 Å². The van der Waals surface area contributed by atoms with Crippen molar-refractivity contribution >= 4 is 11.8 Å². The van der Waals surface area contributed by atoms with E-state index < -0.39 is 5.97 Å². The number of unbranched alkanes of at least 4 members (excludes halogenated alkanes) is 1. The van der Waals surface area contributed by atoms with Gasteiger partial charge in [-0.3, -0.25) is 0 Å². The van der Waals surface area contributed by atoms with Gasteiger partial charge in [0.05, 0.1) is 17.6 Å². The van der Waals surface area contributed by atoms with Crippen LogP contribution in [0.15, 0.2) is 30.9 Å². The third-order valence-corrected chi connectivity index (χ3v) is 3.02. The van der Waals surface area contributed by atoms with Crippen molar-refractivity contribution in [3.63, 3.8) is 0 Å². The first-order valence-electron chi connectivity index (χ1n) is 6.57. The summed E-state index contributed by atoms with van der Waals surface area (Å²) in [6, 6.07) is 3.28. The molecule has 2 aromatic heterocycles. The van der Waals surface area contributed by atoms with E-state index in [2.05, 4.69) is 15.3 Å². The number of aromatic carboxylic acids is 1. The molecule has 0 radical (unpaired) electrons. The van der Waals surface area contributed by atoms with Gasteiger partial charge in [0.25, 0.3) is 0 Å². The fraction of sp³-hybridized carbons (Fsp3) is 0.357. The highest BCUT2D eigenvalue weighted by atomic mass is 16.4. The van der Waals surface area contributed by atoms with Crippen LogP contribution in [0.25, 0.3) is 0 Å². The van der Waals surface area contributed by atoms with Crippen LogP contribution in [0.1, 0.15) is 28.9 Å². The molecule has 20 heavy (non-hydrogen) atoms. The molecule has 0 saturated heterocycles. The molecule has 0 amide bonds. The number of aryl methyl sites for hydroxylation is 2. The number of hydrogen-bond donors (Lipinski definition) is 2. The van der Waals surface area contributed by atoms with Gasteiger partial charge in [0.15, 0.2) is 0 Å². The number of carboxylic acid groups (broad SMARTS) is 1. The standard InChI is InChI=1S/C14H18N4O2/c1-11-12(14(19)20)4-5-13(17-11)16-6-2-3-8-18-9-7-15-10-18/h4-5,7,9-10H,2-3,6,8H2,1H3,(H,16,17)(H,19,20). The molecule has 2 rings (SSSR count). The fourth-order valence-electron chi connectivity index (χ4n) is 1.94. The summed E-state index contributed by atoms with van der Waals surface area (Å²) in [5.74, 6) is -0.225. The number of imidazole rings is 1. The van der Waals surface area contributed by atoms with Crippen molar-refractivity contribution in [3.8, 4) is 0 Å². The summed E-state index contributed by atoms with van der Waals surface area (Å²) in [6.07, 6.45) is 7.59. The molecule has 2 heterocycles. The van der Waals surface area contributed by atoms with E-state index in [0.29, 0.717) is 5.69 Å². The third-order valence-electron chi connectivity index (χ3n) is 3.02. The fourth-order valence-corrected chi connectivity index (χ4v) is 1.94. The number of anilines is 1. The molecule has 106 valence electrons. The minimum Gasteiger partial charge on any atom is -0.478 e. The lowest BCUT2D eigenvalue weighted by molar-refractivity contribution is 0.0695.